The molecule has 2 N–H and O–H groups in total. The van der Waals surface area contributed by atoms with Crippen LogP contribution in [0.2, 0.25) is 0 Å². The van der Waals surface area contributed by atoms with E-state index in [1.807, 2.05) is 29.7 Å². The van der Waals surface area contributed by atoms with Gasteiger partial charge in [0.15, 0.2) is 0 Å². The molecular formula is C24H26N4O5. The van der Waals surface area contributed by atoms with Gasteiger partial charge in [-0.15, -0.1) is 0 Å². The Labute approximate surface area is 191 Å². The van der Waals surface area contributed by atoms with E-state index >= 15 is 0 Å². The fourth-order valence-corrected chi connectivity index (χ4v) is 4.06. The van der Waals surface area contributed by atoms with E-state index in [-0.39, 0.29) is 13.0 Å². The number of aliphatic carboxylic acids is 1. The van der Waals surface area contributed by atoms with Gasteiger partial charge in [-0.3, -0.25) is 0 Å². The van der Waals surface area contributed by atoms with Crippen molar-refractivity contribution in [2.75, 3.05) is 19.5 Å². The minimum absolute atomic E-state index is 0.114. The average Bonchev–Trinajstić information content (AvgIpc) is 3.20. The summed E-state index contributed by atoms with van der Waals surface area (Å²) < 4.78 is 12.4. The molecule has 1 atom stereocenters. The molecule has 4 rings (SSSR count). The molecule has 0 saturated heterocycles. The van der Waals surface area contributed by atoms with Crippen LogP contribution in [0.25, 0.3) is 0 Å². The van der Waals surface area contributed by atoms with Gasteiger partial charge in [0, 0.05) is 24.3 Å². The standard InChI is InChI=1S/C24H26N4O5/c1-15-10-16(4-9-22(15)33-3)12-27-14-25-19-13-28(21(23(29)30)11-20(19)27)24(31)26-17-5-7-18(32-2)8-6-17/h4-10,14,21H,11-13H2,1-3H3,(H,26,31)(H,29,30). The minimum Gasteiger partial charge on any atom is -0.497 e. The number of fused-ring (bicyclic) bond motifs is 1. The van der Waals surface area contributed by atoms with Gasteiger partial charge in [-0.25, -0.2) is 14.6 Å². The first-order valence-electron chi connectivity index (χ1n) is 10.5. The lowest BCUT2D eigenvalue weighted by Gasteiger charge is -2.33. The summed E-state index contributed by atoms with van der Waals surface area (Å²) in [6.45, 7) is 2.64. The zero-order valence-corrected chi connectivity index (χ0v) is 18.7. The highest BCUT2D eigenvalue weighted by Gasteiger charge is 2.37. The van der Waals surface area contributed by atoms with E-state index in [0.29, 0.717) is 23.7 Å². The third-order valence-corrected chi connectivity index (χ3v) is 5.82. The molecule has 2 amide bonds. The van der Waals surface area contributed by atoms with Crippen LogP contribution in [-0.4, -0.2) is 51.8 Å². The maximum absolute atomic E-state index is 12.9. The van der Waals surface area contributed by atoms with Crippen LogP contribution >= 0.6 is 0 Å². The number of rotatable bonds is 6. The van der Waals surface area contributed by atoms with Crippen LogP contribution < -0.4 is 14.8 Å². The van der Waals surface area contributed by atoms with E-state index in [9.17, 15) is 14.7 Å². The topological polar surface area (TPSA) is 106 Å². The highest BCUT2D eigenvalue weighted by molar-refractivity contribution is 5.92. The molecule has 1 aliphatic heterocycles. The maximum atomic E-state index is 12.9. The summed E-state index contributed by atoms with van der Waals surface area (Å²) in [5.74, 6) is 0.422. The minimum atomic E-state index is -1.06. The van der Waals surface area contributed by atoms with Gasteiger partial charge in [0.2, 0.25) is 0 Å². The van der Waals surface area contributed by atoms with Gasteiger partial charge in [-0.1, -0.05) is 12.1 Å². The molecule has 0 radical (unpaired) electrons. The predicted octanol–water partition coefficient (Wildman–Crippen LogP) is 3.30. The number of hydrogen-bond acceptors (Lipinski definition) is 5. The van der Waals surface area contributed by atoms with Crippen LogP contribution in [0.3, 0.4) is 0 Å². The van der Waals surface area contributed by atoms with Crippen molar-refractivity contribution in [3.8, 4) is 11.5 Å². The summed E-state index contributed by atoms with van der Waals surface area (Å²) in [5.41, 5.74) is 4.15. The number of carbonyl (C=O) groups is 2. The molecule has 0 saturated carbocycles. The van der Waals surface area contributed by atoms with Gasteiger partial charge in [-0.2, -0.15) is 0 Å². The number of imidazole rings is 1. The summed E-state index contributed by atoms with van der Waals surface area (Å²) in [5, 5.41) is 12.6. The highest BCUT2D eigenvalue weighted by atomic mass is 16.5. The van der Waals surface area contributed by atoms with Crippen molar-refractivity contribution in [3.63, 3.8) is 0 Å². The molecule has 2 heterocycles. The van der Waals surface area contributed by atoms with Crippen LogP contribution in [-0.2, 0) is 24.3 Å². The van der Waals surface area contributed by atoms with Crippen molar-refractivity contribution in [2.45, 2.75) is 32.5 Å². The Morgan fingerprint density at radius 2 is 1.91 bits per heavy atom. The first-order valence-corrected chi connectivity index (χ1v) is 10.5. The zero-order valence-electron chi connectivity index (χ0n) is 18.7. The van der Waals surface area contributed by atoms with Crippen LogP contribution in [0.15, 0.2) is 48.8 Å². The number of hydrogen-bond donors (Lipinski definition) is 2. The summed E-state index contributed by atoms with van der Waals surface area (Å²) >= 11 is 0. The largest absolute Gasteiger partial charge is 0.497 e. The first-order chi connectivity index (χ1) is 15.9. The van der Waals surface area contributed by atoms with Crippen molar-refractivity contribution in [1.29, 1.82) is 0 Å². The van der Waals surface area contributed by atoms with Crippen molar-refractivity contribution in [2.24, 2.45) is 0 Å². The molecule has 1 unspecified atom stereocenters. The Bertz CT molecular complexity index is 1170. The number of methoxy groups -OCH3 is 2. The zero-order chi connectivity index (χ0) is 23.5. The van der Waals surface area contributed by atoms with Crippen LogP contribution in [0.4, 0.5) is 10.5 Å². The maximum Gasteiger partial charge on any atom is 0.326 e. The third kappa shape index (κ3) is 4.62. The number of nitrogens with one attached hydrogen (secondary N) is 1. The number of carboxylic acids is 1. The van der Waals surface area contributed by atoms with Gasteiger partial charge in [-0.05, 0) is 48.4 Å². The Morgan fingerprint density at radius 3 is 2.55 bits per heavy atom. The number of ether oxygens (including phenoxy) is 2. The van der Waals surface area contributed by atoms with Crippen molar-refractivity contribution < 1.29 is 24.2 Å². The number of urea groups is 1. The number of carboxylic acid groups (broad SMARTS) is 1. The highest BCUT2D eigenvalue weighted by Crippen LogP contribution is 2.26. The molecule has 9 heteroatoms. The molecule has 0 spiro atoms. The Balaban J connectivity index is 1.53. The summed E-state index contributed by atoms with van der Waals surface area (Å²) in [4.78, 5) is 30.7. The monoisotopic (exact) mass is 450 g/mol. The van der Waals surface area contributed by atoms with E-state index in [1.165, 1.54) is 4.90 Å². The smallest absolute Gasteiger partial charge is 0.326 e. The Kier molecular flexibility index (Phi) is 6.21. The molecule has 0 fully saturated rings. The second-order valence-electron chi connectivity index (χ2n) is 7.91. The number of nitrogens with zero attached hydrogens (tertiary/aromatic N) is 3. The van der Waals surface area contributed by atoms with Crippen molar-refractivity contribution in [1.82, 2.24) is 14.5 Å². The third-order valence-electron chi connectivity index (χ3n) is 5.82. The molecule has 1 aliphatic rings. The molecule has 0 aliphatic carbocycles. The lowest BCUT2D eigenvalue weighted by atomic mass is 10.0. The lowest BCUT2D eigenvalue weighted by molar-refractivity contribution is -0.142. The Hall–Kier alpha value is -4.01. The molecule has 33 heavy (non-hydrogen) atoms. The number of aryl methyl sites for hydroxylation is 1. The SMILES string of the molecule is COc1ccc(NC(=O)N2Cc3ncn(Cc4ccc(OC)c(C)c4)c3CC2C(=O)O)cc1. The Morgan fingerprint density at radius 1 is 1.15 bits per heavy atom. The number of anilines is 1. The van der Waals surface area contributed by atoms with Crippen molar-refractivity contribution >= 4 is 17.7 Å². The average molecular weight is 450 g/mol. The summed E-state index contributed by atoms with van der Waals surface area (Å²) in [6, 6.07) is 11.3. The number of amides is 2. The molecular weight excluding hydrogens is 424 g/mol. The predicted molar refractivity (Wildman–Crippen MR) is 122 cm³/mol. The fourth-order valence-electron chi connectivity index (χ4n) is 4.06. The van der Waals surface area contributed by atoms with Gasteiger partial charge in [0.1, 0.15) is 17.5 Å². The normalized spacial score (nSPS) is 15.0. The van der Waals surface area contributed by atoms with Gasteiger partial charge in [0.25, 0.3) is 0 Å². The van der Waals surface area contributed by atoms with Gasteiger partial charge < -0.3 is 29.4 Å². The number of carbonyl (C=O) groups excluding carboxylic acids is 1. The lowest BCUT2D eigenvalue weighted by Crippen LogP contribution is -2.50. The van der Waals surface area contributed by atoms with Crippen LogP contribution in [0.5, 0.6) is 11.5 Å². The number of aromatic nitrogens is 2. The molecule has 3 aromatic rings. The van der Waals surface area contributed by atoms with Gasteiger partial charge in [0.05, 0.1) is 32.8 Å². The van der Waals surface area contributed by atoms with Crippen LogP contribution in [0.1, 0.15) is 22.5 Å². The number of benzene rings is 2. The summed E-state index contributed by atoms with van der Waals surface area (Å²) in [6.07, 6.45) is 1.88. The van der Waals surface area contributed by atoms with E-state index in [0.717, 1.165) is 22.6 Å². The second kappa shape index (κ2) is 9.23. The van der Waals surface area contributed by atoms with E-state index in [1.54, 1.807) is 44.8 Å². The van der Waals surface area contributed by atoms with Crippen molar-refractivity contribution in [3.05, 3.63) is 71.3 Å². The van der Waals surface area contributed by atoms with E-state index in [4.69, 9.17) is 9.47 Å². The molecule has 0 bridgehead atoms. The summed E-state index contributed by atoms with van der Waals surface area (Å²) in [7, 11) is 3.20. The molecule has 1 aromatic heterocycles. The second-order valence-corrected chi connectivity index (χ2v) is 7.91. The molecule has 172 valence electrons. The molecule has 2 aromatic carbocycles. The van der Waals surface area contributed by atoms with E-state index in [2.05, 4.69) is 10.3 Å². The first kappa shape index (κ1) is 22.2. The molecule has 9 nitrogen and oxygen atoms in total. The van der Waals surface area contributed by atoms with E-state index < -0.39 is 18.0 Å². The quantitative estimate of drug-likeness (QED) is 0.597. The van der Waals surface area contributed by atoms with Crippen LogP contribution in [0, 0.1) is 6.92 Å². The van der Waals surface area contributed by atoms with Gasteiger partial charge >= 0.3 is 12.0 Å². The fraction of sp³-hybridized carbons (Fsp3) is 0.292.